The minimum atomic E-state index is 0.282. The van der Waals surface area contributed by atoms with Crippen molar-refractivity contribution in [2.45, 2.75) is 0 Å². The van der Waals surface area contributed by atoms with Gasteiger partial charge in [-0.2, -0.15) is 10.2 Å². The maximum absolute atomic E-state index is 5.88. The molecule has 2 aromatic heterocycles. The summed E-state index contributed by atoms with van der Waals surface area (Å²) in [5.74, 6) is 0.282. The molecule has 0 radical (unpaired) electrons. The van der Waals surface area contributed by atoms with Crippen LogP contribution in [0, 0.1) is 0 Å². The van der Waals surface area contributed by atoms with Crippen LogP contribution in [0.3, 0.4) is 0 Å². The Bertz CT molecular complexity index is 712. The molecule has 0 aliphatic carbocycles. The number of nitrogens with two attached hydrogens (primary N) is 1. The number of nitrogen functional groups attached to an aromatic ring is 1. The Morgan fingerprint density at radius 3 is 2.74 bits per heavy atom. The number of nitrogens with zero attached hydrogens (tertiary/aromatic N) is 3. The van der Waals surface area contributed by atoms with Gasteiger partial charge in [-0.3, -0.25) is 0 Å². The van der Waals surface area contributed by atoms with E-state index in [9.17, 15) is 0 Å². The first kappa shape index (κ1) is 11.9. The highest BCUT2D eigenvalue weighted by molar-refractivity contribution is 9.10. The fourth-order valence-corrected chi connectivity index (χ4v) is 2.25. The number of benzene rings is 1. The summed E-state index contributed by atoms with van der Waals surface area (Å²) in [7, 11) is 0. The summed E-state index contributed by atoms with van der Waals surface area (Å²) in [5.41, 5.74) is 9.04. The molecule has 0 amide bonds. The molecule has 0 spiro atoms. The van der Waals surface area contributed by atoms with E-state index in [-0.39, 0.29) is 5.88 Å². The van der Waals surface area contributed by atoms with E-state index in [1.165, 1.54) is 0 Å². The normalized spacial score (nSPS) is 10.6. The van der Waals surface area contributed by atoms with E-state index < -0.39 is 0 Å². The van der Waals surface area contributed by atoms with Crippen LogP contribution in [0.4, 0.5) is 5.88 Å². The highest BCUT2D eigenvalue weighted by Crippen LogP contribution is 2.36. The van der Waals surface area contributed by atoms with Gasteiger partial charge in [0.2, 0.25) is 5.88 Å². The Morgan fingerprint density at radius 1 is 1.11 bits per heavy atom. The molecule has 6 heteroatoms. The lowest BCUT2D eigenvalue weighted by molar-refractivity contribution is 0.439. The van der Waals surface area contributed by atoms with E-state index in [0.29, 0.717) is 5.69 Å². The molecule has 0 unspecified atom stereocenters. The van der Waals surface area contributed by atoms with Gasteiger partial charge in [-0.15, -0.1) is 0 Å². The highest BCUT2D eigenvalue weighted by atomic mass is 79.9. The monoisotopic (exact) mass is 316 g/mol. The maximum Gasteiger partial charge on any atom is 0.230 e. The van der Waals surface area contributed by atoms with E-state index in [4.69, 9.17) is 10.3 Å². The van der Waals surface area contributed by atoms with Crippen LogP contribution >= 0.6 is 15.9 Å². The van der Waals surface area contributed by atoms with Crippen molar-refractivity contribution in [3.63, 3.8) is 0 Å². The lowest BCUT2D eigenvalue weighted by Gasteiger charge is -2.02. The van der Waals surface area contributed by atoms with Gasteiger partial charge in [0.1, 0.15) is 5.69 Å². The van der Waals surface area contributed by atoms with Gasteiger partial charge in [0, 0.05) is 10.0 Å². The van der Waals surface area contributed by atoms with Crippen LogP contribution in [0.15, 0.2) is 51.7 Å². The largest absolute Gasteiger partial charge is 0.367 e. The Balaban J connectivity index is 2.20. The molecule has 0 fully saturated rings. The second-order valence-corrected chi connectivity index (χ2v) is 4.83. The zero-order valence-electron chi connectivity index (χ0n) is 9.75. The van der Waals surface area contributed by atoms with Gasteiger partial charge in [-0.05, 0) is 23.8 Å². The average Bonchev–Trinajstić information content (AvgIpc) is 2.82. The molecule has 94 valence electrons. The lowest BCUT2D eigenvalue weighted by Crippen LogP contribution is -1.89. The summed E-state index contributed by atoms with van der Waals surface area (Å²) >= 11 is 3.44. The van der Waals surface area contributed by atoms with Gasteiger partial charge in [0.25, 0.3) is 0 Å². The van der Waals surface area contributed by atoms with Crippen molar-refractivity contribution in [3.8, 4) is 22.4 Å². The van der Waals surface area contributed by atoms with Crippen molar-refractivity contribution in [2.24, 2.45) is 0 Å². The summed E-state index contributed by atoms with van der Waals surface area (Å²) in [6, 6.07) is 9.60. The smallest absolute Gasteiger partial charge is 0.230 e. The average molecular weight is 317 g/mol. The number of anilines is 1. The first-order valence-corrected chi connectivity index (χ1v) is 6.33. The van der Waals surface area contributed by atoms with E-state index in [1.54, 1.807) is 12.4 Å². The molecule has 0 bridgehead atoms. The van der Waals surface area contributed by atoms with Gasteiger partial charge in [0.05, 0.1) is 18.0 Å². The summed E-state index contributed by atoms with van der Waals surface area (Å²) in [6.07, 6.45) is 3.23. The fourth-order valence-electron chi connectivity index (χ4n) is 1.85. The zero-order chi connectivity index (χ0) is 13.2. The molecule has 3 aromatic rings. The predicted octanol–water partition coefficient (Wildman–Crippen LogP) is 3.14. The molecule has 2 N–H and O–H groups in total. The second-order valence-electron chi connectivity index (χ2n) is 3.91. The van der Waals surface area contributed by atoms with Crippen molar-refractivity contribution in [3.05, 3.63) is 47.2 Å². The molecule has 0 aliphatic rings. The van der Waals surface area contributed by atoms with E-state index >= 15 is 0 Å². The van der Waals surface area contributed by atoms with Crippen molar-refractivity contribution in [2.75, 3.05) is 5.73 Å². The molecule has 0 saturated heterocycles. The van der Waals surface area contributed by atoms with Crippen molar-refractivity contribution < 1.29 is 4.52 Å². The Labute approximate surface area is 117 Å². The highest BCUT2D eigenvalue weighted by Gasteiger charge is 2.17. The van der Waals surface area contributed by atoms with Gasteiger partial charge >= 0.3 is 0 Å². The predicted molar refractivity (Wildman–Crippen MR) is 75.1 cm³/mol. The molecule has 19 heavy (non-hydrogen) atoms. The fraction of sp³-hybridized carbons (Fsp3) is 0. The molecule has 1 aromatic carbocycles. The SMILES string of the molecule is Nc1onc(-c2ccnnc2)c1-c1cccc(Br)c1. The van der Waals surface area contributed by atoms with Crippen LogP contribution in [0.5, 0.6) is 0 Å². The topological polar surface area (TPSA) is 77.8 Å². The second kappa shape index (κ2) is 4.81. The number of hydrogen-bond donors (Lipinski definition) is 1. The first-order chi connectivity index (χ1) is 9.25. The third-order valence-electron chi connectivity index (χ3n) is 2.69. The quantitative estimate of drug-likeness (QED) is 0.785. The van der Waals surface area contributed by atoms with Crippen LogP contribution in [0.2, 0.25) is 0 Å². The molecule has 2 heterocycles. The van der Waals surface area contributed by atoms with Crippen LogP contribution in [0.25, 0.3) is 22.4 Å². The lowest BCUT2D eigenvalue weighted by atomic mass is 10.0. The maximum atomic E-state index is 5.88. The number of hydrogen-bond acceptors (Lipinski definition) is 5. The van der Waals surface area contributed by atoms with Gasteiger partial charge in [-0.1, -0.05) is 33.2 Å². The molecule has 3 rings (SSSR count). The van der Waals surface area contributed by atoms with Crippen LogP contribution in [-0.4, -0.2) is 15.4 Å². The number of aromatic nitrogens is 3. The Kier molecular flexibility index (Phi) is 3.00. The van der Waals surface area contributed by atoms with Crippen LogP contribution in [0.1, 0.15) is 0 Å². The van der Waals surface area contributed by atoms with Crippen molar-refractivity contribution in [1.29, 1.82) is 0 Å². The van der Waals surface area contributed by atoms with E-state index in [0.717, 1.165) is 21.2 Å². The standard InChI is InChI=1S/C13H9BrN4O/c14-10-3-1-2-8(6-10)11-12(18-19-13(11)15)9-4-5-16-17-7-9/h1-7H,15H2. The molecular weight excluding hydrogens is 308 g/mol. The third-order valence-corrected chi connectivity index (χ3v) is 3.18. The first-order valence-electron chi connectivity index (χ1n) is 5.54. The van der Waals surface area contributed by atoms with Gasteiger partial charge in [-0.25, -0.2) is 0 Å². The third kappa shape index (κ3) is 2.22. The summed E-state index contributed by atoms with van der Waals surface area (Å²) in [4.78, 5) is 0. The minimum Gasteiger partial charge on any atom is -0.367 e. The molecule has 0 saturated carbocycles. The molecule has 0 atom stereocenters. The summed E-state index contributed by atoms with van der Waals surface area (Å²) in [6.45, 7) is 0. The zero-order valence-corrected chi connectivity index (χ0v) is 11.3. The van der Waals surface area contributed by atoms with Gasteiger partial charge < -0.3 is 10.3 Å². The summed E-state index contributed by atoms with van der Waals surface area (Å²) in [5, 5.41) is 11.6. The summed E-state index contributed by atoms with van der Waals surface area (Å²) < 4.78 is 6.07. The Morgan fingerprint density at radius 2 is 2.00 bits per heavy atom. The van der Waals surface area contributed by atoms with Crippen LogP contribution in [-0.2, 0) is 0 Å². The number of halogens is 1. The number of rotatable bonds is 2. The molecular formula is C13H9BrN4O. The van der Waals surface area contributed by atoms with E-state index in [1.807, 2.05) is 30.3 Å². The molecule has 5 nitrogen and oxygen atoms in total. The van der Waals surface area contributed by atoms with Crippen LogP contribution < -0.4 is 5.73 Å². The van der Waals surface area contributed by atoms with E-state index in [2.05, 4.69) is 31.3 Å². The van der Waals surface area contributed by atoms with Crippen molar-refractivity contribution in [1.82, 2.24) is 15.4 Å². The van der Waals surface area contributed by atoms with Gasteiger partial charge in [0.15, 0.2) is 0 Å². The Hall–Kier alpha value is -2.21. The minimum absolute atomic E-state index is 0.282. The van der Waals surface area contributed by atoms with Crippen molar-refractivity contribution >= 4 is 21.8 Å². The molecule has 0 aliphatic heterocycles.